The predicted molar refractivity (Wildman–Crippen MR) is 117 cm³/mol. The van der Waals surface area contributed by atoms with Gasteiger partial charge in [-0.05, 0) is 51.3 Å². The monoisotopic (exact) mass is 449 g/mol. The molecule has 7 nitrogen and oxygen atoms in total. The number of thioether (sulfide) groups is 1. The van der Waals surface area contributed by atoms with E-state index in [1.54, 1.807) is 26.0 Å². The molecular weight excluding hydrogens is 422 g/mol. The summed E-state index contributed by atoms with van der Waals surface area (Å²) >= 11 is 1.24. The van der Waals surface area contributed by atoms with Crippen molar-refractivity contribution in [3.63, 3.8) is 0 Å². The minimum Gasteiger partial charge on any atom is -0.355 e. The van der Waals surface area contributed by atoms with Gasteiger partial charge in [-0.2, -0.15) is 4.31 Å². The summed E-state index contributed by atoms with van der Waals surface area (Å²) in [7, 11) is -3.53. The van der Waals surface area contributed by atoms with Gasteiger partial charge in [-0.25, -0.2) is 13.4 Å². The van der Waals surface area contributed by atoms with E-state index in [4.69, 9.17) is 0 Å². The molecular formula is C21H27N3O4S2. The van der Waals surface area contributed by atoms with Gasteiger partial charge in [-0.15, -0.1) is 0 Å². The normalized spacial score (nSPS) is 15.7. The molecule has 1 N–H and O–H groups in total. The third-order valence-corrected chi connectivity index (χ3v) is 8.16. The maximum Gasteiger partial charge on any atom is 0.244 e. The largest absolute Gasteiger partial charge is 0.355 e. The lowest BCUT2D eigenvalue weighted by molar-refractivity contribution is 0.101. The summed E-state index contributed by atoms with van der Waals surface area (Å²) in [6, 6.07) is 3.19. The molecule has 0 bridgehead atoms. The van der Waals surface area contributed by atoms with Crippen molar-refractivity contribution in [3.05, 3.63) is 40.8 Å². The molecule has 3 heterocycles. The van der Waals surface area contributed by atoms with Crippen LogP contribution >= 0.6 is 11.8 Å². The number of Topliss-reactive ketones (excluding diaryl/α,β-unsaturated/α-hetero) is 2. The predicted octanol–water partition coefficient (Wildman–Crippen LogP) is 3.77. The first-order valence-corrected chi connectivity index (χ1v) is 12.5. The molecule has 1 aliphatic rings. The fourth-order valence-corrected chi connectivity index (χ4v) is 5.98. The first kappa shape index (κ1) is 22.7. The van der Waals surface area contributed by atoms with E-state index in [0.717, 1.165) is 25.7 Å². The van der Waals surface area contributed by atoms with Crippen molar-refractivity contribution in [2.24, 2.45) is 0 Å². The number of carbonyl (C=O) groups excluding carboxylic acids is 2. The molecule has 1 saturated heterocycles. The molecule has 0 atom stereocenters. The third kappa shape index (κ3) is 4.84. The van der Waals surface area contributed by atoms with Gasteiger partial charge in [-0.1, -0.05) is 24.6 Å². The van der Waals surface area contributed by atoms with Crippen LogP contribution in [0.5, 0.6) is 0 Å². The highest BCUT2D eigenvalue weighted by Crippen LogP contribution is 2.24. The number of nitrogens with zero attached hydrogens (tertiary/aromatic N) is 2. The fraction of sp³-hybridized carbons (Fsp3) is 0.476. The highest BCUT2D eigenvalue weighted by atomic mass is 32.2. The minimum atomic E-state index is -3.53. The summed E-state index contributed by atoms with van der Waals surface area (Å²) in [6.45, 7) is 6.11. The van der Waals surface area contributed by atoms with Crippen molar-refractivity contribution in [3.8, 4) is 0 Å². The Morgan fingerprint density at radius 3 is 2.33 bits per heavy atom. The van der Waals surface area contributed by atoms with Gasteiger partial charge in [0.25, 0.3) is 0 Å². The summed E-state index contributed by atoms with van der Waals surface area (Å²) < 4.78 is 27.2. The van der Waals surface area contributed by atoms with Crippen LogP contribution in [0.4, 0.5) is 0 Å². The molecule has 1 aliphatic heterocycles. The summed E-state index contributed by atoms with van der Waals surface area (Å²) in [5, 5.41) is 0.575. The van der Waals surface area contributed by atoms with Crippen LogP contribution in [-0.4, -0.2) is 53.1 Å². The van der Waals surface area contributed by atoms with Gasteiger partial charge in [0.2, 0.25) is 10.0 Å². The standard InChI is InChI=1S/C21H27N3O4S2/c1-14-20(16(3)25)15(2)23-21(14)18(26)13-29-19-9-8-17(12-22-19)30(27,28)24-10-6-4-5-7-11-24/h8-9,12,23H,4-7,10-11,13H2,1-3H3. The van der Waals surface area contributed by atoms with Crippen LogP contribution in [0.2, 0.25) is 0 Å². The maximum atomic E-state index is 12.8. The fourth-order valence-electron chi connectivity index (χ4n) is 3.80. The van der Waals surface area contributed by atoms with E-state index in [1.807, 2.05) is 0 Å². The molecule has 2 aromatic heterocycles. The van der Waals surface area contributed by atoms with Crippen LogP contribution in [0.15, 0.2) is 28.3 Å². The Labute approximate surface area is 181 Å². The van der Waals surface area contributed by atoms with E-state index in [9.17, 15) is 18.0 Å². The number of rotatable bonds is 7. The van der Waals surface area contributed by atoms with Crippen LogP contribution in [0.25, 0.3) is 0 Å². The SMILES string of the molecule is CC(=O)c1c(C)[nH]c(C(=O)CSc2ccc(S(=O)(=O)N3CCCCCC3)cn2)c1C. The Balaban J connectivity index is 1.67. The van der Waals surface area contributed by atoms with Gasteiger partial charge in [0.05, 0.1) is 16.5 Å². The van der Waals surface area contributed by atoms with Crippen molar-refractivity contribution in [1.29, 1.82) is 0 Å². The molecule has 9 heteroatoms. The number of nitrogens with one attached hydrogen (secondary N) is 1. The maximum absolute atomic E-state index is 12.8. The van der Waals surface area contributed by atoms with Gasteiger partial charge in [-0.3, -0.25) is 9.59 Å². The number of carbonyl (C=O) groups is 2. The zero-order valence-corrected chi connectivity index (χ0v) is 19.2. The molecule has 3 rings (SSSR count). The van der Waals surface area contributed by atoms with Crippen LogP contribution in [-0.2, 0) is 10.0 Å². The molecule has 30 heavy (non-hydrogen) atoms. The van der Waals surface area contributed by atoms with E-state index in [-0.39, 0.29) is 22.2 Å². The van der Waals surface area contributed by atoms with E-state index in [1.165, 1.54) is 29.2 Å². The zero-order valence-electron chi connectivity index (χ0n) is 17.5. The number of ketones is 2. The Morgan fingerprint density at radius 1 is 1.13 bits per heavy atom. The molecule has 0 amide bonds. The summed E-state index contributed by atoms with van der Waals surface area (Å²) in [6.07, 6.45) is 5.24. The number of pyridine rings is 1. The Morgan fingerprint density at radius 2 is 1.80 bits per heavy atom. The van der Waals surface area contributed by atoms with Crippen molar-refractivity contribution in [1.82, 2.24) is 14.3 Å². The Kier molecular flexibility index (Phi) is 7.15. The number of hydrogen-bond donors (Lipinski definition) is 1. The number of aromatic amines is 1. The van der Waals surface area contributed by atoms with Gasteiger partial charge < -0.3 is 4.98 Å². The second-order valence-corrected chi connectivity index (χ2v) is 10.5. The van der Waals surface area contributed by atoms with Gasteiger partial charge in [0, 0.05) is 30.5 Å². The first-order valence-electron chi connectivity index (χ1n) is 10.0. The number of sulfonamides is 1. The topological polar surface area (TPSA) is 100 Å². The molecule has 0 saturated carbocycles. The first-order chi connectivity index (χ1) is 14.2. The molecule has 0 unspecified atom stereocenters. The van der Waals surface area contributed by atoms with E-state index in [2.05, 4.69) is 9.97 Å². The molecule has 2 aromatic rings. The third-order valence-electron chi connectivity index (χ3n) is 5.33. The average molecular weight is 450 g/mol. The molecule has 0 spiro atoms. The average Bonchev–Trinajstić information content (AvgIpc) is 2.89. The number of H-pyrrole nitrogens is 1. The van der Waals surface area contributed by atoms with Gasteiger partial charge in [0.1, 0.15) is 4.90 Å². The zero-order chi connectivity index (χ0) is 21.9. The van der Waals surface area contributed by atoms with Crippen LogP contribution < -0.4 is 0 Å². The van der Waals surface area contributed by atoms with E-state index in [0.29, 0.717) is 40.6 Å². The lowest BCUT2D eigenvalue weighted by atomic mass is 10.1. The van der Waals surface area contributed by atoms with Crippen molar-refractivity contribution in [2.75, 3.05) is 18.8 Å². The lowest BCUT2D eigenvalue weighted by Crippen LogP contribution is -2.32. The van der Waals surface area contributed by atoms with Crippen molar-refractivity contribution < 1.29 is 18.0 Å². The van der Waals surface area contributed by atoms with Gasteiger partial charge >= 0.3 is 0 Å². The smallest absolute Gasteiger partial charge is 0.244 e. The number of hydrogen-bond acceptors (Lipinski definition) is 6. The summed E-state index contributed by atoms with van der Waals surface area (Å²) in [5.41, 5.74) is 2.35. The van der Waals surface area contributed by atoms with Crippen molar-refractivity contribution in [2.45, 2.75) is 56.4 Å². The lowest BCUT2D eigenvalue weighted by Gasteiger charge is -2.19. The van der Waals surface area contributed by atoms with E-state index < -0.39 is 10.0 Å². The second kappa shape index (κ2) is 9.45. The molecule has 0 aliphatic carbocycles. The molecule has 0 aromatic carbocycles. The second-order valence-electron chi connectivity index (χ2n) is 7.54. The summed E-state index contributed by atoms with van der Waals surface area (Å²) in [5.74, 6) is -0.0596. The quantitative estimate of drug-likeness (QED) is 0.510. The molecule has 162 valence electrons. The van der Waals surface area contributed by atoms with Crippen LogP contribution in [0.1, 0.15) is 64.7 Å². The molecule has 1 fully saturated rings. The van der Waals surface area contributed by atoms with E-state index >= 15 is 0 Å². The summed E-state index contributed by atoms with van der Waals surface area (Å²) in [4.78, 5) is 31.8. The number of aryl methyl sites for hydroxylation is 1. The minimum absolute atomic E-state index is 0.0733. The Bertz CT molecular complexity index is 1030. The highest BCUT2D eigenvalue weighted by molar-refractivity contribution is 7.99. The van der Waals surface area contributed by atoms with Gasteiger partial charge in [0.15, 0.2) is 11.6 Å². The van der Waals surface area contributed by atoms with Crippen LogP contribution in [0.3, 0.4) is 0 Å². The Hall–Kier alpha value is -1.97. The molecule has 0 radical (unpaired) electrons. The van der Waals surface area contributed by atoms with Crippen molar-refractivity contribution >= 4 is 33.4 Å². The number of aromatic nitrogens is 2. The van der Waals surface area contributed by atoms with Crippen LogP contribution in [0, 0.1) is 13.8 Å². The highest BCUT2D eigenvalue weighted by Gasteiger charge is 2.25.